The minimum absolute atomic E-state index is 0.0609. The zero-order valence-corrected chi connectivity index (χ0v) is 19.2. The van der Waals surface area contributed by atoms with Gasteiger partial charge in [-0.15, -0.1) is 0 Å². The van der Waals surface area contributed by atoms with E-state index < -0.39 is 5.54 Å². The van der Waals surface area contributed by atoms with Crippen molar-refractivity contribution in [3.05, 3.63) is 41.5 Å². The van der Waals surface area contributed by atoms with E-state index in [0.29, 0.717) is 36.1 Å². The molecule has 1 aromatic carbocycles. The first-order valence-corrected chi connectivity index (χ1v) is 11.2. The van der Waals surface area contributed by atoms with Crippen molar-refractivity contribution in [2.45, 2.75) is 58.4 Å². The summed E-state index contributed by atoms with van der Waals surface area (Å²) in [7, 11) is 1.61. The van der Waals surface area contributed by atoms with Crippen molar-refractivity contribution < 1.29 is 14.3 Å². The predicted molar refractivity (Wildman–Crippen MR) is 123 cm³/mol. The highest BCUT2D eigenvalue weighted by Crippen LogP contribution is 2.32. The van der Waals surface area contributed by atoms with Gasteiger partial charge in [0.15, 0.2) is 5.78 Å². The minimum atomic E-state index is -0.732. The number of benzene rings is 1. The van der Waals surface area contributed by atoms with E-state index in [-0.39, 0.29) is 11.7 Å². The number of hydrogen-bond donors (Lipinski definition) is 1. The van der Waals surface area contributed by atoms with Gasteiger partial charge in [0.1, 0.15) is 17.1 Å². The fourth-order valence-corrected chi connectivity index (χ4v) is 4.75. The lowest BCUT2D eigenvalue weighted by Crippen LogP contribution is -2.38. The normalized spacial score (nSPS) is 22.7. The van der Waals surface area contributed by atoms with Gasteiger partial charge in [0.05, 0.1) is 7.11 Å². The van der Waals surface area contributed by atoms with E-state index in [1.165, 1.54) is 0 Å². The summed E-state index contributed by atoms with van der Waals surface area (Å²) < 4.78 is 5.16. The van der Waals surface area contributed by atoms with Gasteiger partial charge in [0.2, 0.25) is 0 Å². The SMILES string of the molecule is COc1ccc(C(=O)N2CCC(CC3=CC(N)=NC(C)(CC(C)C)C(=O)C3)CC2)cc1. The van der Waals surface area contributed by atoms with Crippen LogP contribution in [0, 0.1) is 11.8 Å². The van der Waals surface area contributed by atoms with Crippen LogP contribution in [0.2, 0.25) is 0 Å². The number of amides is 1. The van der Waals surface area contributed by atoms with Crippen LogP contribution in [0.5, 0.6) is 5.75 Å². The molecule has 0 bridgehead atoms. The van der Waals surface area contributed by atoms with E-state index in [4.69, 9.17) is 10.5 Å². The van der Waals surface area contributed by atoms with Crippen molar-refractivity contribution in [2.75, 3.05) is 20.2 Å². The van der Waals surface area contributed by atoms with Crippen LogP contribution in [0.3, 0.4) is 0 Å². The number of hydrogen-bond acceptors (Lipinski definition) is 5. The average molecular weight is 426 g/mol. The number of methoxy groups -OCH3 is 1. The fraction of sp³-hybridized carbons (Fsp3) is 0.560. The maximum atomic E-state index is 12.9. The summed E-state index contributed by atoms with van der Waals surface area (Å²) in [4.78, 5) is 32.2. The van der Waals surface area contributed by atoms with Crippen molar-refractivity contribution in [3.8, 4) is 5.75 Å². The molecule has 1 fully saturated rings. The number of piperidine rings is 1. The molecule has 2 aliphatic rings. The van der Waals surface area contributed by atoms with E-state index in [1.807, 2.05) is 42.2 Å². The molecule has 2 heterocycles. The van der Waals surface area contributed by atoms with Crippen molar-refractivity contribution in [1.29, 1.82) is 0 Å². The average Bonchev–Trinajstić information content (AvgIpc) is 2.82. The number of ether oxygens (including phenoxy) is 1. The van der Waals surface area contributed by atoms with Crippen LogP contribution >= 0.6 is 0 Å². The quantitative estimate of drug-likeness (QED) is 0.747. The molecule has 0 saturated carbocycles. The summed E-state index contributed by atoms with van der Waals surface area (Å²) >= 11 is 0. The molecule has 1 amide bonds. The Morgan fingerprint density at radius 3 is 2.48 bits per heavy atom. The largest absolute Gasteiger partial charge is 0.497 e. The molecular weight excluding hydrogens is 390 g/mol. The predicted octanol–water partition coefficient (Wildman–Crippen LogP) is 4.00. The van der Waals surface area contributed by atoms with Crippen LogP contribution in [-0.4, -0.2) is 48.2 Å². The highest BCUT2D eigenvalue weighted by atomic mass is 16.5. The van der Waals surface area contributed by atoms with Crippen molar-refractivity contribution in [2.24, 2.45) is 22.6 Å². The van der Waals surface area contributed by atoms with Crippen molar-refractivity contribution >= 4 is 17.5 Å². The maximum absolute atomic E-state index is 12.9. The number of ketones is 1. The first-order valence-electron chi connectivity index (χ1n) is 11.2. The lowest BCUT2D eigenvalue weighted by Gasteiger charge is -2.32. The first kappa shape index (κ1) is 23.0. The molecule has 2 aliphatic heterocycles. The smallest absolute Gasteiger partial charge is 0.253 e. The van der Waals surface area contributed by atoms with Crippen LogP contribution in [0.1, 0.15) is 63.2 Å². The summed E-state index contributed by atoms with van der Waals surface area (Å²) in [6.45, 7) is 7.56. The summed E-state index contributed by atoms with van der Waals surface area (Å²) in [6, 6.07) is 7.25. The monoisotopic (exact) mass is 425 g/mol. The molecule has 0 aromatic heterocycles. The van der Waals surface area contributed by atoms with E-state index >= 15 is 0 Å². The lowest BCUT2D eigenvalue weighted by molar-refractivity contribution is -0.123. The van der Waals surface area contributed by atoms with E-state index in [9.17, 15) is 9.59 Å². The number of nitrogens with zero attached hydrogens (tertiary/aromatic N) is 2. The number of carbonyl (C=O) groups is 2. The number of nitrogens with two attached hydrogens (primary N) is 1. The minimum Gasteiger partial charge on any atom is -0.497 e. The Morgan fingerprint density at radius 2 is 1.90 bits per heavy atom. The summed E-state index contributed by atoms with van der Waals surface area (Å²) in [6.07, 6.45) is 5.71. The third-order valence-corrected chi connectivity index (χ3v) is 6.31. The zero-order chi connectivity index (χ0) is 22.6. The van der Waals surface area contributed by atoms with Crippen LogP contribution in [-0.2, 0) is 4.79 Å². The standard InChI is InChI=1S/C25H35N3O3/c1-17(2)16-25(3)22(29)14-19(15-23(26)27-25)13-18-9-11-28(12-10-18)24(30)20-5-7-21(31-4)8-6-20/h5-8,15,17-18H,9-14,16H2,1-4H3,(H2,26,27). The van der Waals surface area contributed by atoms with E-state index in [2.05, 4.69) is 18.8 Å². The summed E-state index contributed by atoms with van der Waals surface area (Å²) in [5.41, 5.74) is 7.17. The second kappa shape index (κ2) is 9.67. The Kier molecular flexibility index (Phi) is 7.19. The Bertz CT molecular complexity index is 865. The molecule has 2 N–H and O–H groups in total. The summed E-state index contributed by atoms with van der Waals surface area (Å²) in [5, 5.41) is 0. The Labute approximate surface area is 185 Å². The Morgan fingerprint density at radius 1 is 1.26 bits per heavy atom. The van der Waals surface area contributed by atoms with E-state index in [0.717, 1.165) is 43.7 Å². The molecule has 0 aliphatic carbocycles. The second-order valence-electron chi connectivity index (χ2n) is 9.48. The molecule has 31 heavy (non-hydrogen) atoms. The van der Waals surface area contributed by atoms with Gasteiger partial charge in [0.25, 0.3) is 5.91 Å². The van der Waals surface area contributed by atoms with Gasteiger partial charge in [-0.05, 0) is 74.8 Å². The van der Waals surface area contributed by atoms with Crippen molar-refractivity contribution in [3.63, 3.8) is 0 Å². The Balaban J connectivity index is 1.56. The molecule has 0 spiro atoms. The Hall–Kier alpha value is -2.63. The van der Waals surface area contributed by atoms with Crippen LogP contribution in [0.25, 0.3) is 0 Å². The second-order valence-corrected chi connectivity index (χ2v) is 9.48. The number of carbonyl (C=O) groups excluding carboxylic acids is 2. The van der Waals surface area contributed by atoms with Gasteiger partial charge in [0, 0.05) is 25.1 Å². The van der Waals surface area contributed by atoms with Crippen LogP contribution in [0.15, 0.2) is 40.9 Å². The highest BCUT2D eigenvalue weighted by molar-refractivity contribution is 6.00. The zero-order valence-electron chi connectivity index (χ0n) is 19.2. The third kappa shape index (κ3) is 5.75. The topological polar surface area (TPSA) is 85.0 Å². The molecule has 1 saturated heterocycles. The van der Waals surface area contributed by atoms with Gasteiger partial charge in [-0.3, -0.25) is 14.6 Å². The number of rotatable bonds is 6. The van der Waals surface area contributed by atoms with Crippen molar-refractivity contribution in [1.82, 2.24) is 4.90 Å². The number of likely N-dealkylation sites (tertiary alicyclic amines) is 1. The number of aliphatic imine (C=N–C) groups is 1. The van der Waals surface area contributed by atoms with Gasteiger partial charge in [-0.1, -0.05) is 19.4 Å². The van der Waals surface area contributed by atoms with Crippen LogP contribution < -0.4 is 10.5 Å². The molecule has 3 rings (SSSR count). The molecule has 168 valence electrons. The molecule has 6 heteroatoms. The number of allylic oxidation sites excluding steroid dienone is 1. The molecule has 0 radical (unpaired) electrons. The molecule has 6 nitrogen and oxygen atoms in total. The molecule has 1 aromatic rings. The van der Waals surface area contributed by atoms with Gasteiger partial charge in [-0.25, -0.2) is 0 Å². The number of amidine groups is 1. The molecular formula is C25H35N3O3. The number of Topliss-reactive ketones (excluding diaryl/α,β-unsaturated/α-hetero) is 1. The van der Waals surface area contributed by atoms with Gasteiger partial charge in [-0.2, -0.15) is 0 Å². The molecule has 1 atom stereocenters. The van der Waals surface area contributed by atoms with Gasteiger partial charge < -0.3 is 15.4 Å². The maximum Gasteiger partial charge on any atom is 0.253 e. The van der Waals surface area contributed by atoms with E-state index in [1.54, 1.807) is 7.11 Å². The highest BCUT2D eigenvalue weighted by Gasteiger charge is 2.36. The third-order valence-electron chi connectivity index (χ3n) is 6.31. The lowest BCUT2D eigenvalue weighted by atomic mass is 9.83. The molecule has 1 unspecified atom stereocenters. The van der Waals surface area contributed by atoms with Gasteiger partial charge >= 0.3 is 0 Å². The fourth-order valence-electron chi connectivity index (χ4n) is 4.75. The van der Waals surface area contributed by atoms with Crippen LogP contribution in [0.4, 0.5) is 0 Å². The summed E-state index contributed by atoms with van der Waals surface area (Å²) in [5.74, 6) is 2.23. The first-order chi connectivity index (χ1) is 14.7.